The smallest absolute Gasteiger partial charge is 0.0702 e. The minimum Gasteiger partial charge on any atom is -0.377 e. The van der Waals surface area contributed by atoms with Crippen LogP contribution >= 0.6 is 0 Å². The van der Waals surface area contributed by atoms with Crippen molar-refractivity contribution in [1.29, 1.82) is 0 Å². The van der Waals surface area contributed by atoms with Gasteiger partial charge >= 0.3 is 0 Å². The predicted octanol–water partition coefficient (Wildman–Crippen LogP) is 3.18. The summed E-state index contributed by atoms with van der Waals surface area (Å²) >= 11 is 0. The summed E-state index contributed by atoms with van der Waals surface area (Å²) in [7, 11) is 0. The number of hydrogen-bond donors (Lipinski definition) is 1. The average molecular weight is 282 g/mol. The Morgan fingerprint density at radius 3 is 2.75 bits per heavy atom. The lowest BCUT2D eigenvalue weighted by molar-refractivity contribution is -0.0671. The third-order valence-corrected chi connectivity index (χ3v) is 5.58. The van der Waals surface area contributed by atoms with Gasteiger partial charge in [0.15, 0.2) is 0 Å². The molecule has 0 aromatic heterocycles. The number of ether oxygens (including phenoxy) is 1. The van der Waals surface area contributed by atoms with Crippen LogP contribution in [0.4, 0.5) is 0 Å². The summed E-state index contributed by atoms with van der Waals surface area (Å²) in [4.78, 5) is 2.71. The largest absolute Gasteiger partial charge is 0.377 e. The van der Waals surface area contributed by atoms with E-state index in [-0.39, 0.29) is 5.54 Å². The van der Waals surface area contributed by atoms with Crippen LogP contribution in [0.1, 0.15) is 65.2 Å². The van der Waals surface area contributed by atoms with Crippen molar-refractivity contribution in [1.82, 2.24) is 4.90 Å². The molecule has 0 aromatic rings. The fourth-order valence-electron chi connectivity index (χ4n) is 4.46. The van der Waals surface area contributed by atoms with Crippen LogP contribution in [0.25, 0.3) is 0 Å². The van der Waals surface area contributed by atoms with E-state index in [9.17, 15) is 0 Å². The van der Waals surface area contributed by atoms with Gasteiger partial charge in [-0.1, -0.05) is 33.1 Å². The van der Waals surface area contributed by atoms with Crippen molar-refractivity contribution in [3.8, 4) is 0 Å². The Hall–Kier alpha value is -0.120. The standard InChI is InChI=1S/C17H34N2O/c1-3-12-20-16-9-7-11-19(13-16)17(14-18)10-6-5-8-15(17)4-2/h15-16H,3-14,18H2,1-2H3. The van der Waals surface area contributed by atoms with Crippen molar-refractivity contribution in [3.05, 3.63) is 0 Å². The third-order valence-electron chi connectivity index (χ3n) is 5.58. The van der Waals surface area contributed by atoms with Crippen LogP contribution < -0.4 is 5.73 Å². The van der Waals surface area contributed by atoms with E-state index in [2.05, 4.69) is 18.7 Å². The van der Waals surface area contributed by atoms with Crippen molar-refractivity contribution >= 4 is 0 Å². The van der Waals surface area contributed by atoms with Gasteiger partial charge in [-0.3, -0.25) is 4.90 Å². The van der Waals surface area contributed by atoms with E-state index in [0.29, 0.717) is 6.10 Å². The Kier molecular flexibility index (Phi) is 6.31. The Balaban J connectivity index is 2.05. The molecule has 1 heterocycles. The van der Waals surface area contributed by atoms with E-state index in [1.165, 1.54) is 51.5 Å². The molecule has 0 bridgehead atoms. The molecule has 20 heavy (non-hydrogen) atoms. The second-order valence-electron chi connectivity index (χ2n) is 6.74. The minimum atomic E-state index is 0.265. The molecule has 0 aromatic carbocycles. The first-order chi connectivity index (χ1) is 9.76. The predicted molar refractivity (Wildman–Crippen MR) is 84.9 cm³/mol. The minimum absolute atomic E-state index is 0.265. The zero-order valence-electron chi connectivity index (χ0n) is 13.6. The number of hydrogen-bond acceptors (Lipinski definition) is 3. The summed E-state index contributed by atoms with van der Waals surface area (Å²) in [5, 5.41) is 0. The van der Waals surface area contributed by atoms with E-state index in [0.717, 1.165) is 32.0 Å². The molecular weight excluding hydrogens is 248 g/mol. The van der Waals surface area contributed by atoms with Gasteiger partial charge in [0.1, 0.15) is 0 Å². The first-order valence-corrected chi connectivity index (χ1v) is 8.83. The summed E-state index contributed by atoms with van der Waals surface area (Å²) in [6, 6.07) is 0. The van der Waals surface area contributed by atoms with Crippen molar-refractivity contribution in [2.75, 3.05) is 26.2 Å². The van der Waals surface area contributed by atoms with E-state index < -0.39 is 0 Å². The van der Waals surface area contributed by atoms with Gasteiger partial charge in [0.25, 0.3) is 0 Å². The number of piperidine rings is 1. The molecule has 1 aliphatic heterocycles. The maximum atomic E-state index is 6.30. The second-order valence-corrected chi connectivity index (χ2v) is 6.74. The molecule has 3 unspecified atom stereocenters. The second kappa shape index (κ2) is 7.77. The average Bonchev–Trinajstić information content (AvgIpc) is 2.52. The normalized spacial score (nSPS) is 36.1. The SMILES string of the molecule is CCCOC1CCCN(C2(CN)CCCCC2CC)C1. The molecule has 0 spiro atoms. The molecular formula is C17H34N2O. The zero-order valence-corrected chi connectivity index (χ0v) is 13.6. The van der Waals surface area contributed by atoms with Crippen LogP contribution in [0, 0.1) is 5.92 Å². The highest BCUT2D eigenvalue weighted by molar-refractivity contribution is 5.01. The molecule has 2 fully saturated rings. The van der Waals surface area contributed by atoms with E-state index in [1.54, 1.807) is 0 Å². The van der Waals surface area contributed by atoms with Gasteiger partial charge < -0.3 is 10.5 Å². The topological polar surface area (TPSA) is 38.5 Å². The fraction of sp³-hybridized carbons (Fsp3) is 1.00. The van der Waals surface area contributed by atoms with E-state index in [1.807, 2.05) is 0 Å². The number of likely N-dealkylation sites (tertiary alicyclic amines) is 1. The van der Waals surface area contributed by atoms with Gasteiger partial charge in [-0.2, -0.15) is 0 Å². The summed E-state index contributed by atoms with van der Waals surface area (Å²) in [6.45, 7) is 8.59. The molecule has 118 valence electrons. The number of rotatable bonds is 6. The maximum Gasteiger partial charge on any atom is 0.0702 e. The molecule has 2 N–H and O–H groups in total. The van der Waals surface area contributed by atoms with Crippen LogP contribution in [0.15, 0.2) is 0 Å². The van der Waals surface area contributed by atoms with Crippen molar-refractivity contribution in [2.45, 2.75) is 76.9 Å². The lowest BCUT2D eigenvalue weighted by atomic mass is 9.69. The summed E-state index contributed by atoms with van der Waals surface area (Å²) in [6.07, 6.45) is 10.7. The van der Waals surface area contributed by atoms with Crippen LogP contribution in [0.2, 0.25) is 0 Å². The van der Waals surface area contributed by atoms with Crippen molar-refractivity contribution < 1.29 is 4.74 Å². The molecule has 2 rings (SSSR count). The summed E-state index contributed by atoms with van der Waals surface area (Å²) in [5.74, 6) is 0.783. The van der Waals surface area contributed by atoms with Gasteiger partial charge in [-0.25, -0.2) is 0 Å². The van der Waals surface area contributed by atoms with Gasteiger partial charge in [0, 0.05) is 25.2 Å². The van der Waals surface area contributed by atoms with Crippen LogP contribution in [0.3, 0.4) is 0 Å². The number of nitrogens with two attached hydrogens (primary N) is 1. The van der Waals surface area contributed by atoms with Crippen molar-refractivity contribution in [3.63, 3.8) is 0 Å². The Labute approximate surface area is 125 Å². The molecule has 3 atom stereocenters. The van der Waals surface area contributed by atoms with Crippen molar-refractivity contribution in [2.24, 2.45) is 11.7 Å². The third kappa shape index (κ3) is 3.37. The zero-order chi connectivity index (χ0) is 14.4. The first kappa shape index (κ1) is 16.3. The molecule has 3 heteroatoms. The lowest BCUT2D eigenvalue weighted by Crippen LogP contribution is -2.62. The molecule has 1 aliphatic carbocycles. The highest BCUT2D eigenvalue weighted by Gasteiger charge is 2.44. The first-order valence-electron chi connectivity index (χ1n) is 8.83. The Bertz CT molecular complexity index is 284. The van der Waals surface area contributed by atoms with Gasteiger partial charge in [-0.15, -0.1) is 0 Å². The molecule has 1 saturated heterocycles. The highest BCUT2D eigenvalue weighted by atomic mass is 16.5. The molecule has 2 aliphatic rings. The number of nitrogens with zero attached hydrogens (tertiary/aromatic N) is 1. The van der Waals surface area contributed by atoms with Gasteiger partial charge in [-0.05, 0) is 44.6 Å². The van der Waals surface area contributed by atoms with Crippen LogP contribution in [0.5, 0.6) is 0 Å². The maximum absolute atomic E-state index is 6.30. The molecule has 0 radical (unpaired) electrons. The lowest BCUT2D eigenvalue weighted by Gasteiger charge is -2.53. The summed E-state index contributed by atoms with van der Waals surface area (Å²) < 4.78 is 6.03. The fourth-order valence-corrected chi connectivity index (χ4v) is 4.46. The summed E-state index contributed by atoms with van der Waals surface area (Å²) in [5.41, 5.74) is 6.56. The molecule has 1 saturated carbocycles. The van der Waals surface area contributed by atoms with Gasteiger partial charge in [0.2, 0.25) is 0 Å². The molecule has 3 nitrogen and oxygen atoms in total. The monoisotopic (exact) mass is 282 g/mol. The van der Waals surface area contributed by atoms with Crippen LogP contribution in [-0.2, 0) is 4.74 Å². The Morgan fingerprint density at radius 1 is 1.20 bits per heavy atom. The quantitative estimate of drug-likeness (QED) is 0.813. The van der Waals surface area contributed by atoms with E-state index in [4.69, 9.17) is 10.5 Å². The van der Waals surface area contributed by atoms with Crippen LogP contribution in [-0.4, -0.2) is 42.8 Å². The molecule has 0 amide bonds. The van der Waals surface area contributed by atoms with Gasteiger partial charge in [0.05, 0.1) is 6.10 Å². The Morgan fingerprint density at radius 2 is 2.05 bits per heavy atom. The van der Waals surface area contributed by atoms with E-state index >= 15 is 0 Å². The highest BCUT2D eigenvalue weighted by Crippen LogP contribution is 2.41.